The zero-order valence-corrected chi connectivity index (χ0v) is 12.4. The van der Waals surface area contributed by atoms with Gasteiger partial charge in [0.25, 0.3) is 0 Å². The van der Waals surface area contributed by atoms with Crippen molar-refractivity contribution in [3.63, 3.8) is 0 Å². The van der Waals surface area contributed by atoms with Crippen LogP contribution in [0.15, 0.2) is 18.2 Å². The van der Waals surface area contributed by atoms with Crippen molar-refractivity contribution in [1.82, 2.24) is 0 Å². The second-order valence-corrected chi connectivity index (χ2v) is 5.57. The molecular formula is C16H25FN2O. The van der Waals surface area contributed by atoms with E-state index in [1.165, 1.54) is 6.07 Å². The van der Waals surface area contributed by atoms with Gasteiger partial charge in [0.2, 0.25) is 0 Å². The third kappa shape index (κ3) is 3.70. The van der Waals surface area contributed by atoms with Crippen molar-refractivity contribution in [2.24, 2.45) is 5.73 Å². The lowest BCUT2D eigenvalue weighted by molar-refractivity contribution is 0.0458. The summed E-state index contributed by atoms with van der Waals surface area (Å²) in [5, 5.41) is 0. The minimum atomic E-state index is -0.141. The van der Waals surface area contributed by atoms with Crippen molar-refractivity contribution in [3.8, 4) is 0 Å². The van der Waals surface area contributed by atoms with E-state index in [-0.39, 0.29) is 11.9 Å². The van der Waals surface area contributed by atoms with E-state index in [0.29, 0.717) is 12.5 Å². The van der Waals surface area contributed by atoms with Gasteiger partial charge in [-0.15, -0.1) is 0 Å². The maximum atomic E-state index is 14.2. The van der Waals surface area contributed by atoms with Crippen molar-refractivity contribution in [2.75, 3.05) is 24.6 Å². The van der Waals surface area contributed by atoms with E-state index in [4.69, 9.17) is 10.5 Å². The van der Waals surface area contributed by atoms with Crippen molar-refractivity contribution in [3.05, 3.63) is 29.6 Å². The smallest absolute Gasteiger partial charge is 0.146 e. The van der Waals surface area contributed by atoms with Crippen LogP contribution >= 0.6 is 0 Å². The number of para-hydroxylation sites is 1. The van der Waals surface area contributed by atoms with Gasteiger partial charge < -0.3 is 15.4 Å². The third-order valence-electron chi connectivity index (χ3n) is 3.77. The highest BCUT2D eigenvalue weighted by molar-refractivity contribution is 5.55. The van der Waals surface area contributed by atoms with E-state index >= 15 is 0 Å². The summed E-state index contributed by atoms with van der Waals surface area (Å²) >= 11 is 0. The molecular weight excluding hydrogens is 255 g/mol. The molecule has 1 atom stereocenters. The fourth-order valence-electron chi connectivity index (χ4n) is 2.91. The van der Waals surface area contributed by atoms with Gasteiger partial charge in [0.05, 0.1) is 11.8 Å². The molecule has 1 aromatic rings. The molecule has 1 aliphatic heterocycles. The Bertz CT molecular complexity index is 428. The van der Waals surface area contributed by atoms with Crippen LogP contribution in [0.4, 0.5) is 10.1 Å². The number of rotatable bonds is 5. The second kappa shape index (κ2) is 7.04. The summed E-state index contributed by atoms with van der Waals surface area (Å²) in [5.74, 6) is -0.141. The lowest BCUT2D eigenvalue weighted by Gasteiger charge is -2.35. The quantitative estimate of drug-likeness (QED) is 0.901. The van der Waals surface area contributed by atoms with Crippen LogP contribution in [0.2, 0.25) is 0 Å². The van der Waals surface area contributed by atoms with Gasteiger partial charge in [-0.3, -0.25) is 0 Å². The molecule has 0 spiro atoms. The molecule has 112 valence electrons. The average molecular weight is 280 g/mol. The standard InChI is InChI=1S/C16H25FN2O/c1-3-20-14-7-9-19(10-8-14)16-13(11-12(2)18)5-4-6-15(16)17/h4-6,12,14H,3,7-11,18H2,1-2H3. The first-order valence-electron chi connectivity index (χ1n) is 7.51. The first kappa shape index (κ1) is 15.3. The van der Waals surface area contributed by atoms with Crippen LogP contribution in [0.5, 0.6) is 0 Å². The number of anilines is 1. The summed E-state index contributed by atoms with van der Waals surface area (Å²) in [6.07, 6.45) is 2.94. The highest BCUT2D eigenvalue weighted by atomic mass is 19.1. The van der Waals surface area contributed by atoms with E-state index in [1.807, 2.05) is 19.9 Å². The van der Waals surface area contributed by atoms with Crippen LogP contribution in [-0.2, 0) is 11.2 Å². The zero-order chi connectivity index (χ0) is 14.5. The molecule has 1 unspecified atom stereocenters. The Morgan fingerprint density at radius 3 is 2.70 bits per heavy atom. The molecule has 0 bridgehead atoms. The number of nitrogens with two attached hydrogens (primary N) is 1. The molecule has 0 radical (unpaired) electrons. The Hall–Kier alpha value is -1.13. The molecule has 4 heteroatoms. The monoisotopic (exact) mass is 280 g/mol. The third-order valence-corrected chi connectivity index (χ3v) is 3.77. The Balaban J connectivity index is 2.12. The van der Waals surface area contributed by atoms with Crippen LogP contribution in [-0.4, -0.2) is 31.8 Å². The minimum Gasteiger partial charge on any atom is -0.378 e. The topological polar surface area (TPSA) is 38.5 Å². The predicted octanol–water partition coefficient (Wildman–Crippen LogP) is 2.72. The van der Waals surface area contributed by atoms with Crippen LogP contribution in [0.25, 0.3) is 0 Å². The fourth-order valence-corrected chi connectivity index (χ4v) is 2.91. The van der Waals surface area contributed by atoms with Gasteiger partial charge in [-0.1, -0.05) is 12.1 Å². The van der Waals surface area contributed by atoms with Crippen LogP contribution in [0.1, 0.15) is 32.3 Å². The summed E-state index contributed by atoms with van der Waals surface area (Å²) in [4.78, 5) is 2.14. The summed E-state index contributed by atoms with van der Waals surface area (Å²) < 4.78 is 19.9. The van der Waals surface area contributed by atoms with Crippen molar-refractivity contribution in [2.45, 2.75) is 45.3 Å². The van der Waals surface area contributed by atoms with E-state index in [1.54, 1.807) is 6.07 Å². The van der Waals surface area contributed by atoms with Crippen molar-refractivity contribution in [1.29, 1.82) is 0 Å². The maximum absolute atomic E-state index is 14.2. The molecule has 1 aliphatic rings. The Kier molecular flexibility index (Phi) is 5.38. The Morgan fingerprint density at radius 1 is 1.40 bits per heavy atom. The van der Waals surface area contributed by atoms with Crippen molar-refractivity contribution >= 4 is 5.69 Å². The van der Waals surface area contributed by atoms with E-state index in [9.17, 15) is 4.39 Å². The maximum Gasteiger partial charge on any atom is 0.146 e. The van der Waals surface area contributed by atoms with Crippen LogP contribution < -0.4 is 10.6 Å². The summed E-state index contributed by atoms with van der Waals surface area (Å²) in [6, 6.07) is 5.32. The lowest BCUT2D eigenvalue weighted by atomic mass is 10.0. The molecule has 2 rings (SSSR count). The molecule has 2 N–H and O–H groups in total. The summed E-state index contributed by atoms with van der Waals surface area (Å²) in [6.45, 7) is 6.41. The number of halogens is 1. The fraction of sp³-hybridized carbons (Fsp3) is 0.625. The van der Waals surface area contributed by atoms with Crippen molar-refractivity contribution < 1.29 is 9.13 Å². The first-order valence-corrected chi connectivity index (χ1v) is 7.51. The first-order chi connectivity index (χ1) is 9.61. The molecule has 0 amide bonds. The molecule has 1 fully saturated rings. The normalized spacial score (nSPS) is 18.3. The minimum absolute atomic E-state index is 0.0384. The molecule has 3 nitrogen and oxygen atoms in total. The molecule has 1 heterocycles. The molecule has 1 saturated heterocycles. The molecule has 0 saturated carbocycles. The number of hydrogen-bond donors (Lipinski definition) is 1. The predicted molar refractivity (Wildman–Crippen MR) is 80.6 cm³/mol. The number of piperidine rings is 1. The van der Waals surface area contributed by atoms with Gasteiger partial charge in [0, 0.05) is 25.7 Å². The van der Waals surface area contributed by atoms with E-state index < -0.39 is 0 Å². The Morgan fingerprint density at radius 2 is 2.10 bits per heavy atom. The largest absolute Gasteiger partial charge is 0.378 e. The second-order valence-electron chi connectivity index (χ2n) is 5.57. The number of ether oxygens (including phenoxy) is 1. The summed E-state index contributed by atoms with van der Waals surface area (Å²) in [5.41, 5.74) is 7.62. The van der Waals surface area contributed by atoms with Crippen LogP contribution in [0, 0.1) is 5.82 Å². The van der Waals surface area contributed by atoms with Gasteiger partial charge in [-0.2, -0.15) is 0 Å². The summed E-state index contributed by atoms with van der Waals surface area (Å²) in [7, 11) is 0. The SMILES string of the molecule is CCOC1CCN(c2c(F)cccc2CC(C)N)CC1. The average Bonchev–Trinajstić information content (AvgIpc) is 2.40. The zero-order valence-electron chi connectivity index (χ0n) is 12.4. The molecule has 1 aromatic carbocycles. The van der Waals surface area contributed by atoms with E-state index in [0.717, 1.165) is 43.8 Å². The number of hydrogen-bond acceptors (Lipinski definition) is 3. The highest BCUT2D eigenvalue weighted by Crippen LogP contribution is 2.28. The molecule has 20 heavy (non-hydrogen) atoms. The lowest BCUT2D eigenvalue weighted by Crippen LogP contribution is -2.38. The number of benzene rings is 1. The number of nitrogens with zero attached hydrogens (tertiary/aromatic N) is 1. The van der Waals surface area contributed by atoms with Crippen LogP contribution in [0.3, 0.4) is 0 Å². The van der Waals surface area contributed by atoms with E-state index in [2.05, 4.69) is 4.90 Å². The van der Waals surface area contributed by atoms with Gasteiger partial charge >= 0.3 is 0 Å². The van der Waals surface area contributed by atoms with Gasteiger partial charge in [-0.05, 0) is 44.7 Å². The molecule has 0 aliphatic carbocycles. The van der Waals surface area contributed by atoms with Gasteiger partial charge in [-0.25, -0.2) is 4.39 Å². The van der Waals surface area contributed by atoms with Gasteiger partial charge in [0.1, 0.15) is 5.82 Å². The Labute approximate surface area is 120 Å². The highest BCUT2D eigenvalue weighted by Gasteiger charge is 2.23. The molecule has 0 aromatic heterocycles. The van der Waals surface area contributed by atoms with Gasteiger partial charge in [0.15, 0.2) is 0 Å².